The molecule has 4 atom stereocenters. The molecule has 3 aliphatic rings. The van der Waals surface area contributed by atoms with E-state index in [0.29, 0.717) is 24.0 Å². The summed E-state index contributed by atoms with van der Waals surface area (Å²) in [7, 11) is 0. The Hall–Kier alpha value is -1.35. The van der Waals surface area contributed by atoms with Gasteiger partial charge in [0, 0.05) is 24.0 Å². The zero-order valence-corrected chi connectivity index (χ0v) is 11.7. The van der Waals surface area contributed by atoms with E-state index in [9.17, 15) is 4.79 Å². The van der Waals surface area contributed by atoms with Crippen molar-refractivity contribution in [1.82, 2.24) is 10.6 Å². The third-order valence-corrected chi connectivity index (χ3v) is 5.17. The molecule has 1 aromatic rings. The first-order chi connectivity index (χ1) is 9.79. The van der Waals surface area contributed by atoms with E-state index in [1.165, 1.54) is 18.4 Å². The number of hydrogen-bond acceptors (Lipinski definition) is 2. The van der Waals surface area contributed by atoms with Gasteiger partial charge in [-0.2, -0.15) is 0 Å². The average Bonchev–Trinajstić information content (AvgIpc) is 3.20. The topological polar surface area (TPSA) is 41.1 Å². The number of carbonyl (C=O) groups is 1. The third-order valence-electron chi connectivity index (χ3n) is 5.17. The summed E-state index contributed by atoms with van der Waals surface area (Å²) in [5.74, 6) is 0.949. The van der Waals surface area contributed by atoms with Crippen molar-refractivity contribution in [2.75, 3.05) is 0 Å². The summed E-state index contributed by atoms with van der Waals surface area (Å²) in [6.07, 6.45) is 5.82. The quantitative estimate of drug-likeness (QED) is 0.884. The van der Waals surface area contributed by atoms with Crippen LogP contribution in [-0.2, 0) is 4.79 Å². The van der Waals surface area contributed by atoms with Crippen LogP contribution in [0.2, 0.25) is 0 Å². The van der Waals surface area contributed by atoms with Crippen LogP contribution in [0.15, 0.2) is 30.3 Å². The minimum absolute atomic E-state index is 0.213. The number of nitrogens with one attached hydrogen (secondary N) is 2. The van der Waals surface area contributed by atoms with Crippen molar-refractivity contribution in [2.24, 2.45) is 5.92 Å². The van der Waals surface area contributed by atoms with Crippen LogP contribution < -0.4 is 10.6 Å². The molecule has 2 bridgehead atoms. The molecule has 2 heterocycles. The molecule has 2 N–H and O–H groups in total. The number of hydrogen-bond donors (Lipinski definition) is 2. The fourth-order valence-electron chi connectivity index (χ4n) is 4.04. The van der Waals surface area contributed by atoms with Gasteiger partial charge in [-0.05, 0) is 43.6 Å². The first-order valence-corrected chi connectivity index (χ1v) is 7.91. The van der Waals surface area contributed by atoms with Gasteiger partial charge < -0.3 is 10.6 Å². The molecule has 1 saturated carbocycles. The molecule has 3 heteroatoms. The predicted molar refractivity (Wildman–Crippen MR) is 78.4 cm³/mol. The van der Waals surface area contributed by atoms with Crippen molar-refractivity contribution in [2.45, 2.75) is 56.1 Å². The fourth-order valence-corrected chi connectivity index (χ4v) is 4.04. The number of amides is 1. The molecule has 4 rings (SSSR count). The van der Waals surface area contributed by atoms with Crippen molar-refractivity contribution < 1.29 is 4.79 Å². The summed E-state index contributed by atoms with van der Waals surface area (Å²) >= 11 is 0. The summed E-state index contributed by atoms with van der Waals surface area (Å²) in [6, 6.07) is 12.1. The lowest BCUT2D eigenvalue weighted by Gasteiger charge is -2.29. The molecule has 0 aromatic heterocycles. The lowest BCUT2D eigenvalue weighted by atomic mass is 9.99. The second-order valence-electron chi connectivity index (χ2n) is 6.67. The molecule has 4 unspecified atom stereocenters. The molecule has 3 nitrogen and oxygen atoms in total. The maximum absolute atomic E-state index is 12.4. The molecular weight excluding hydrogens is 248 g/mol. The lowest BCUT2D eigenvalue weighted by molar-refractivity contribution is -0.123. The Morgan fingerprint density at radius 1 is 1.05 bits per heavy atom. The molecule has 1 aromatic carbocycles. The van der Waals surface area contributed by atoms with Gasteiger partial charge in [0.1, 0.15) is 0 Å². The highest BCUT2D eigenvalue weighted by Gasteiger charge is 2.45. The first-order valence-electron chi connectivity index (χ1n) is 7.91. The minimum atomic E-state index is 0.213. The van der Waals surface area contributed by atoms with Crippen LogP contribution in [-0.4, -0.2) is 24.0 Å². The standard InChI is InChI=1S/C17H22N2O/c20-17(16-10-15(16)11-4-2-1-3-5-11)19-14-8-12-6-7-13(9-14)18-12/h1-5,12-16,18H,6-10H2,(H,19,20). The van der Waals surface area contributed by atoms with Gasteiger partial charge in [-0.15, -0.1) is 0 Å². The van der Waals surface area contributed by atoms with Gasteiger partial charge in [0.15, 0.2) is 0 Å². The highest BCUT2D eigenvalue weighted by molar-refractivity contribution is 5.83. The Kier molecular flexibility index (Phi) is 3.03. The summed E-state index contributed by atoms with van der Waals surface area (Å²) < 4.78 is 0. The van der Waals surface area contributed by atoms with E-state index in [-0.39, 0.29) is 11.8 Å². The highest BCUT2D eigenvalue weighted by atomic mass is 16.2. The van der Waals surface area contributed by atoms with Gasteiger partial charge in [-0.1, -0.05) is 30.3 Å². The Bertz CT molecular complexity index is 489. The van der Waals surface area contributed by atoms with Gasteiger partial charge >= 0.3 is 0 Å². The molecule has 0 spiro atoms. The van der Waals surface area contributed by atoms with Crippen LogP contribution in [0.3, 0.4) is 0 Å². The number of carbonyl (C=O) groups excluding carboxylic acids is 1. The fraction of sp³-hybridized carbons (Fsp3) is 0.588. The molecule has 20 heavy (non-hydrogen) atoms. The Morgan fingerprint density at radius 2 is 1.75 bits per heavy atom. The smallest absolute Gasteiger partial charge is 0.223 e. The van der Waals surface area contributed by atoms with E-state index < -0.39 is 0 Å². The lowest BCUT2D eigenvalue weighted by Crippen LogP contribution is -2.48. The largest absolute Gasteiger partial charge is 0.353 e. The van der Waals surface area contributed by atoms with E-state index in [0.717, 1.165) is 19.3 Å². The first kappa shape index (κ1) is 12.4. The van der Waals surface area contributed by atoms with E-state index in [4.69, 9.17) is 0 Å². The van der Waals surface area contributed by atoms with Gasteiger partial charge in [0.05, 0.1) is 0 Å². The van der Waals surface area contributed by atoms with Gasteiger partial charge in [-0.3, -0.25) is 4.79 Å². The van der Waals surface area contributed by atoms with E-state index in [1.807, 2.05) is 6.07 Å². The van der Waals surface area contributed by atoms with Crippen LogP contribution in [0.25, 0.3) is 0 Å². The molecule has 3 fully saturated rings. The number of piperidine rings is 1. The van der Waals surface area contributed by atoms with Crippen molar-refractivity contribution in [1.29, 1.82) is 0 Å². The zero-order valence-electron chi connectivity index (χ0n) is 11.7. The van der Waals surface area contributed by atoms with Crippen LogP contribution in [0.4, 0.5) is 0 Å². The second-order valence-corrected chi connectivity index (χ2v) is 6.67. The van der Waals surface area contributed by atoms with Crippen LogP contribution >= 0.6 is 0 Å². The van der Waals surface area contributed by atoms with Crippen molar-refractivity contribution in [3.63, 3.8) is 0 Å². The van der Waals surface area contributed by atoms with Crippen LogP contribution in [0.1, 0.15) is 43.6 Å². The summed E-state index contributed by atoms with van der Waals surface area (Å²) in [4.78, 5) is 12.4. The molecular formula is C17H22N2O. The normalized spacial score (nSPS) is 38.5. The van der Waals surface area contributed by atoms with Crippen molar-refractivity contribution in [3.05, 3.63) is 35.9 Å². The molecule has 0 radical (unpaired) electrons. The average molecular weight is 270 g/mol. The van der Waals surface area contributed by atoms with Gasteiger partial charge in [0.25, 0.3) is 0 Å². The molecule has 1 amide bonds. The summed E-state index contributed by atoms with van der Waals surface area (Å²) in [6.45, 7) is 0. The van der Waals surface area contributed by atoms with Crippen molar-refractivity contribution in [3.8, 4) is 0 Å². The van der Waals surface area contributed by atoms with E-state index in [2.05, 4.69) is 34.9 Å². The predicted octanol–water partition coefficient (Wildman–Crippen LogP) is 2.19. The van der Waals surface area contributed by atoms with Crippen molar-refractivity contribution >= 4 is 5.91 Å². The minimum Gasteiger partial charge on any atom is -0.353 e. The molecule has 106 valence electrons. The maximum atomic E-state index is 12.4. The van der Waals surface area contributed by atoms with E-state index in [1.54, 1.807) is 0 Å². The Labute approximate surface area is 120 Å². The van der Waals surface area contributed by atoms with E-state index >= 15 is 0 Å². The van der Waals surface area contributed by atoms with Gasteiger partial charge in [-0.25, -0.2) is 0 Å². The number of benzene rings is 1. The van der Waals surface area contributed by atoms with Crippen LogP contribution in [0, 0.1) is 5.92 Å². The monoisotopic (exact) mass is 270 g/mol. The third kappa shape index (κ3) is 2.35. The second kappa shape index (κ2) is 4.88. The highest BCUT2D eigenvalue weighted by Crippen LogP contribution is 2.47. The zero-order chi connectivity index (χ0) is 13.5. The summed E-state index contributed by atoms with van der Waals surface area (Å²) in [5, 5.41) is 6.92. The Morgan fingerprint density at radius 3 is 2.45 bits per heavy atom. The maximum Gasteiger partial charge on any atom is 0.223 e. The molecule has 2 aliphatic heterocycles. The Balaban J connectivity index is 1.33. The summed E-state index contributed by atoms with van der Waals surface area (Å²) in [5.41, 5.74) is 1.32. The number of rotatable bonds is 3. The number of fused-ring (bicyclic) bond motifs is 2. The van der Waals surface area contributed by atoms with Gasteiger partial charge in [0.2, 0.25) is 5.91 Å². The molecule has 1 aliphatic carbocycles. The SMILES string of the molecule is O=C(NC1CC2CCC(C1)N2)C1CC1c1ccccc1. The van der Waals surface area contributed by atoms with Crippen LogP contribution in [0.5, 0.6) is 0 Å². The molecule has 2 saturated heterocycles.